The number of amides is 1. The smallest absolute Gasteiger partial charge is 0.255 e. The van der Waals surface area contributed by atoms with Crippen LogP contribution in [0.5, 0.6) is 0 Å². The Bertz CT molecular complexity index is 766. The molecule has 0 radical (unpaired) electrons. The molecule has 1 saturated heterocycles. The molecule has 1 amide bonds. The summed E-state index contributed by atoms with van der Waals surface area (Å²) >= 11 is 0. The molecule has 27 heavy (non-hydrogen) atoms. The summed E-state index contributed by atoms with van der Waals surface area (Å²) < 4.78 is 5.28. The third-order valence-corrected chi connectivity index (χ3v) is 4.27. The number of aryl methyl sites for hydroxylation is 1. The first-order chi connectivity index (χ1) is 13.2. The van der Waals surface area contributed by atoms with Crippen molar-refractivity contribution in [2.75, 3.05) is 38.4 Å². The van der Waals surface area contributed by atoms with Gasteiger partial charge in [-0.25, -0.2) is 0 Å². The molecule has 2 N–H and O–H groups in total. The molecule has 2 aromatic rings. The number of anilines is 1. The van der Waals surface area contributed by atoms with Crippen molar-refractivity contribution in [1.29, 1.82) is 0 Å². The van der Waals surface area contributed by atoms with E-state index in [2.05, 4.69) is 29.2 Å². The Balaban J connectivity index is 0.00000126. The van der Waals surface area contributed by atoms with E-state index in [9.17, 15) is 4.79 Å². The molecular formula is C21H25N3O3. The van der Waals surface area contributed by atoms with Crippen LogP contribution in [-0.2, 0) is 11.2 Å². The molecule has 0 saturated carbocycles. The normalized spacial score (nSPS) is 13.4. The summed E-state index contributed by atoms with van der Waals surface area (Å²) in [6, 6.07) is 9.75. The van der Waals surface area contributed by atoms with E-state index in [1.54, 1.807) is 11.1 Å². The molecule has 0 bridgehead atoms. The van der Waals surface area contributed by atoms with Crippen molar-refractivity contribution >= 4 is 11.6 Å². The number of rotatable bonds is 5. The van der Waals surface area contributed by atoms with Crippen LogP contribution in [0.4, 0.5) is 5.69 Å². The average Bonchev–Trinajstić information content (AvgIpc) is 2.72. The number of hydrogen-bond acceptors (Lipinski definition) is 5. The highest BCUT2D eigenvalue weighted by molar-refractivity contribution is 5.94. The summed E-state index contributed by atoms with van der Waals surface area (Å²) in [4.78, 5) is 18.7. The van der Waals surface area contributed by atoms with E-state index in [1.165, 1.54) is 0 Å². The maximum Gasteiger partial charge on any atom is 0.255 e. The van der Waals surface area contributed by atoms with Gasteiger partial charge in [0, 0.05) is 37.1 Å². The standard InChI is InChI=1S/C19H23N3O3.C2H2/c1-14-2-5-18(21-13-23)16(10-14)11-17-4-3-15(12-20-17)19(24)22-6-8-25-9-7-22;1-2/h2-5,10,12,21,23H,6-9,11,13H2,1H3;1-2H. The van der Waals surface area contributed by atoms with Crippen molar-refractivity contribution in [3.05, 3.63) is 58.9 Å². The molecule has 3 rings (SSSR count). The third kappa shape index (κ3) is 5.55. The average molecular weight is 367 g/mol. The van der Waals surface area contributed by atoms with E-state index in [1.807, 2.05) is 31.2 Å². The summed E-state index contributed by atoms with van der Waals surface area (Å²) in [7, 11) is 0. The molecule has 1 aliphatic rings. The van der Waals surface area contributed by atoms with Crippen LogP contribution >= 0.6 is 0 Å². The van der Waals surface area contributed by atoms with Crippen LogP contribution < -0.4 is 5.32 Å². The van der Waals surface area contributed by atoms with E-state index < -0.39 is 0 Å². The van der Waals surface area contributed by atoms with Crippen molar-refractivity contribution in [2.24, 2.45) is 0 Å². The van der Waals surface area contributed by atoms with Gasteiger partial charge in [-0.2, -0.15) is 0 Å². The molecule has 2 heterocycles. The lowest BCUT2D eigenvalue weighted by Crippen LogP contribution is -2.40. The second-order valence-electron chi connectivity index (χ2n) is 6.12. The van der Waals surface area contributed by atoms with Crippen molar-refractivity contribution in [2.45, 2.75) is 13.3 Å². The first kappa shape index (κ1) is 20.4. The van der Waals surface area contributed by atoms with Gasteiger partial charge in [-0.1, -0.05) is 17.7 Å². The van der Waals surface area contributed by atoms with Crippen molar-refractivity contribution in [3.63, 3.8) is 0 Å². The molecule has 142 valence electrons. The third-order valence-electron chi connectivity index (χ3n) is 4.27. The number of benzene rings is 1. The number of pyridine rings is 1. The first-order valence-electron chi connectivity index (χ1n) is 8.77. The second-order valence-corrected chi connectivity index (χ2v) is 6.12. The molecule has 0 spiro atoms. The Morgan fingerprint density at radius 1 is 1.26 bits per heavy atom. The summed E-state index contributed by atoms with van der Waals surface area (Å²) in [6.45, 7) is 4.34. The lowest BCUT2D eigenvalue weighted by molar-refractivity contribution is 0.0302. The molecule has 1 aromatic carbocycles. The highest BCUT2D eigenvalue weighted by Crippen LogP contribution is 2.20. The Morgan fingerprint density at radius 2 is 2.00 bits per heavy atom. The number of nitrogens with zero attached hydrogens (tertiary/aromatic N) is 2. The quantitative estimate of drug-likeness (QED) is 0.625. The van der Waals surface area contributed by atoms with Crippen LogP contribution in [-0.4, -0.2) is 53.9 Å². The number of carbonyl (C=O) groups is 1. The summed E-state index contributed by atoms with van der Waals surface area (Å²) in [5, 5.41) is 12.1. The minimum Gasteiger partial charge on any atom is -0.378 e. The van der Waals surface area contributed by atoms with Crippen LogP contribution in [0.3, 0.4) is 0 Å². The van der Waals surface area contributed by atoms with Crippen LogP contribution in [0.1, 0.15) is 27.2 Å². The van der Waals surface area contributed by atoms with E-state index >= 15 is 0 Å². The van der Waals surface area contributed by atoms with Crippen molar-refractivity contribution in [1.82, 2.24) is 9.88 Å². The van der Waals surface area contributed by atoms with Crippen LogP contribution in [0, 0.1) is 19.8 Å². The minimum atomic E-state index is -0.115. The van der Waals surface area contributed by atoms with Gasteiger partial charge in [0.15, 0.2) is 0 Å². The number of morpholine rings is 1. The van der Waals surface area contributed by atoms with E-state index in [4.69, 9.17) is 9.84 Å². The number of nitrogens with one attached hydrogen (secondary N) is 1. The molecule has 1 aromatic heterocycles. The molecule has 1 fully saturated rings. The number of aliphatic hydroxyl groups is 1. The molecule has 1 aliphatic heterocycles. The maximum absolute atomic E-state index is 12.4. The predicted octanol–water partition coefficient (Wildman–Crippen LogP) is 2.06. The predicted molar refractivity (Wildman–Crippen MR) is 106 cm³/mol. The Kier molecular flexibility index (Phi) is 7.80. The van der Waals surface area contributed by atoms with Gasteiger partial charge in [-0.05, 0) is 30.7 Å². The maximum atomic E-state index is 12.4. The number of aromatic nitrogens is 1. The zero-order valence-corrected chi connectivity index (χ0v) is 15.5. The van der Waals surface area contributed by atoms with Crippen LogP contribution in [0.15, 0.2) is 36.5 Å². The second kappa shape index (κ2) is 10.3. The van der Waals surface area contributed by atoms with Crippen molar-refractivity contribution in [3.8, 4) is 12.8 Å². The SMILES string of the molecule is C#C.Cc1ccc(NCO)c(Cc2ccc(C(=O)N3CCOCC3)cn2)c1. The Labute approximate surface area is 160 Å². The van der Waals surface area contributed by atoms with Gasteiger partial charge in [-0.3, -0.25) is 9.78 Å². The fourth-order valence-corrected chi connectivity index (χ4v) is 2.93. The number of ether oxygens (including phenoxy) is 1. The highest BCUT2D eigenvalue weighted by Gasteiger charge is 2.18. The minimum absolute atomic E-state index is 0.000502. The Morgan fingerprint density at radius 3 is 2.63 bits per heavy atom. The fourth-order valence-electron chi connectivity index (χ4n) is 2.93. The van der Waals surface area contributed by atoms with Gasteiger partial charge in [-0.15, -0.1) is 12.8 Å². The van der Waals surface area contributed by atoms with Gasteiger partial charge in [0.1, 0.15) is 6.73 Å². The van der Waals surface area contributed by atoms with Gasteiger partial charge in [0.2, 0.25) is 0 Å². The summed E-state index contributed by atoms with van der Waals surface area (Å²) in [5.41, 5.74) is 4.59. The highest BCUT2D eigenvalue weighted by atomic mass is 16.5. The number of carbonyl (C=O) groups excluding carboxylic acids is 1. The molecule has 0 unspecified atom stereocenters. The van der Waals surface area contributed by atoms with Gasteiger partial charge < -0.3 is 20.1 Å². The number of aliphatic hydroxyl groups excluding tert-OH is 1. The lowest BCUT2D eigenvalue weighted by Gasteiger charge is -2.26. The molecule has 0 aliphatic carbocycles. The lowest BCUT2D eigenvalue weighted by atomic mass is 10.0. The van der Waals surface area contributed by atoms with E-state index in [0.717, 1.165) is 22.5 Å². The first-order valence-corrected chi connectivity index (χ1v) is 8.77. The molecule has 6 heteroatoms. The Hall–Kier alpha value is -2.88. The zero-order chi connectivity index (χ0) is 19.6. The van der Waals surface area contributed by atoms with Gasteiger partial charge in [0.25, 0.3) is 5.91 Å². The summed E-state index contributed by atoms with van der Waals surface area (Å²) in [6.07, 6.45) is 10.3. The molecular weight excluding hydrogens is 342 g/mol. The largest absolute Gasteiger partial charge is 0.378 e. The topological polar surface area (TPSA) is 74.7 Å². The molecule has 6 nitrogen and oxygen atoms in total. The van der Waals surface area contributed by atoms with E-state index in [-0.39, 0.29) is 12.6 Å². The number of hydrogen-bond donors (Lipinski definition) is 2. The monoisotopic (exact) mass is 367 g/mol. The van der Waals surface area contributed by atoms with Gasteiger partial charge >= 0.3 is 0 Å². The summed E-state index contributed by atoms with van der Waals surface area (Å²) in [5.74, 6) is 0.000502. The van der Waals surface area contributed by atoms with Crippen molar-refractivity contribution < 1.29 is 14.6 Å². The van der Waals surface area contributed by atoms with E-state index in [0.29, 0.717) is 38.3 Å². The van der Waals surface area contributed by atoms with Crippen LogP contribution in [0.2, 0.25) is 0 Å². The van der Waals surface area contributed by atoms with Crippen LogP contribution in [0.25, 0.3) is 0 Å². The number of terminal acetylenes is 1. The van der Waals surface area contributed by atoms with Gasteiger partial charge in [0.05, 0.1) is 18.8 Å². The zero-order valence-electron chi connectivity index (χ0n) is 15.5. The molecule has 0 atom stereocenters. The fraction of sp³-hybridized carbons (Fsp3) is 0.333.